The minimum atomic E-state index is -5.18. The molecular weight excluding hydrogens is 306 g/mol. The molecule has 0 fully saturated rings. The zero-order chi connectivity index (χ0) is 15.8. The van der Waals surface area contributed by atoms with E-state index in [0.29, 0.717) is 0 Å². The number of amides is 1. The van der Waals surface area contributed by atoms with Crippen LogP contribution < -0.4 is 5.32 Å². The minimum absolute atomic E-state index is 0.230. The summed E-state index contributed by atoms with van der Waals surface area (Å²) >= 11 is 0. The summed E-state index contributed by atoms with van der Waals surface area (Å²) in [4.78, 5) is 10.6. The van der Waals surface area contributed by atoms with Crippen LogP contribution in [-0.4, -0.2) is 31.2 Å². The molecule has 5 nitrogen and oxygen atoms in total. The Hall–Kier alpha value is -1.68. The number of carbonyl (C=O) groups is 1. The number of hydrogen-bond acceptors (Lipinski definition) is 4. The Bertz CT molecular complexity index is 607. The van der Waals surface area contributed by atoms with E-state index in [1.54, 1.807) is 5.32 Å². The van der Waals surface area contributed by atoms with E-state index in [1.807, 2.05) is 0 Å². The number of anilines is 1. The van der Waals surface area contributed by atoms with E-state index in [0.717, 1.165) is 24.3 Å². The fourth-order valence-corrected chi connectivity index (χ4v) is 1.54. The maximum absolute atomic E-state index is 12.6. The third-order valence-corrected chi connectivity index (χ3v) is 3.22. The number of alkyl halides is 3. The van der Waals surface area contributed by atoms with Crippen LogP contribution in [0.25, 0.3) is 0 Å². The topological polar surface area (TPSA) is 83.5 Å². The van der Waals surface area contributed by atoms with Gasteiger partial charge in [0.15, 0.2) is 0 Å². The highest BCUT2D eigenvalue weighted by Gasteiger charge is 2.55. The monoisotopic (exact) mass is 315 g/mol. The van der Waals surface area contributed by atoms with Crippen molar-refractivity contribution in [2.75, 3.05) is 5.32 Å². The molecule has 0 saturated heterocycles. The molecule has 1 unspecified atom stereocenters. The number of nitrogens with one attached hydrogen (secondary N) is 1. The van der Waals surface area contributed by atoms with E-state index in [-0.39, 0.29) is 12.6 Å². The van der Waals surface area contributed by atoms with E-state index in [2.05, 4.69) is 0 Å². The molecule has 1 aromatic rings. The van der Waals surface area contributed by atoms with Crippen molar-refractivity contribution in [1.82, 2.24) is 0 Å². The summed E-state index contributed by atoms with van der Waals surface area (Å²) in [6.45, 7) is 0.267. The summed E-state index contributed by atoms with van der Waals surface area (Å²) in [5.74, 6) is -1.75. The molecule has 0 heterocycles. The van der Waals surface area contributed by atoms with Crippen LogP contribution in [0, 0.1) is 0 Å². The van der Waals surface area contributed by atoms with Gasteiger partial charge in [-0.15, -0.1) is 3.89 Å². The third-order valence-electron chi connectivity index (χ3n) is 2.39. The number of halogens is 4. The number of rotatable bonds is 3. The third kappa shape index (κ3) is 3.45. The summed E-state index contributed by atoms with van der Waals surface area (Å²) in [6, 6.07) is 3.29. The first-order chi connectivity index (χ1) is 8.85. The van der Waals surface area contributed by atoms with Crippen molar-refractivity contribution in [2.45, 2.75) is 23.6 Å². The first-order valence-electron chi connectivity index (χ1n) is 5.01. The standard InChI is InChI=1S/C10H9F4NO4S/c1-9(17,10(11,12)13)8(16)15-6-2-4-7(5-3-6)20(14,18)19/h2-5,17H,1H3,(H,15,16). The predicted molar refractivity (Wildman–Crippen MR) is 60.0 cm³/mol. The lowest BCUT2D eigenvalue weighted by Gasteiger charge is -2.24. The van der Waals surface area contributed by atoms with Crippen molar-refractivity contribution in [1.29, 1.82) is 0 Å². The summed E-state index contributed by atoms with van der Waals surface area (Å²) in [7, 11) is -4.94. The molecule has 20 heavy (non-hydrogen) atoms. The summed E-state index contributed by atoms with van der Waals surface area (Å²) in [5, 5.41) is 10.8. The van der Waals surface area contributed by atoms with Gasteiger partial charge in [0, 0.05) is 5.69 Å². The fraction of sp³-hybridized carbons (Fsp3) is 0.300. The average Bonchev–Trinajstić information content (AvgIpc) is 2.26. The average molecular weight is 315 g/mol. The van der Waals surface area contributed by atoms with Crippen molar-refractivity contribution < 1.29 is 35.4 Å². The molecule has 2 N–H and O–H groups in total. The van der Waals surface area contributed by atoms with E-state index in [9.17, 15) is 30.3 Å². The van der Waals surface area contributed by atoms with Gasteiger partial charge in [-0.05, 0) is 31.2 Å². The number of aliphatic hydroxyl groups is 1. The van der Waals surface area contributed by atoms with Crippen molar-refractivity contribution in [3.8, 4) is 0 Å². The highest BCUT2D eigenvalue weighted by atomic mass is 32.3. The second kappa shape index (κ2) is 5.02. The molecule has 0 saturated carbocycles. The van der Waals surface area contributed by atoms with Crippen molar-refractivity contribution in [3.05, 3.63) is 24.3 Å². The van der Waals surface area contributed by atoms with Gasteiger partial charge in [0.1, 0.15) is 0 Å². The van der Waals surface area contributed by atoms with E-state index < -0.39 is 32.8 Å². The molecule has 1 aromatic carbocycles. The summed E-state index contributed by atoms with van der Waals surface area (Å²) in [6.07, 6.45) is -5.18. The first kappa shape index (κ1) is 16.4. The molecule has 112 valence electrons. The summed E-state index contributed by atoms with van der Waals surface area (Å²) < 4.78 is 70.7. The number of hydrogen-bond donors (Lipinski definition) is 2. The fourth-order valence-electron chi connectivity index (χ4n) is 1.08. The smallest absolute Gasteiger partial charge is 0.373 e. The first-order valence-corrected chi connectivity index (χ1v) is 6.39. The zero-order valence-corrected chi connectivity index (χ0v) is 10.7. The van der Waals surface area contributed by atoms with Crippen LogP contribution in [0.4, 0.5) is 22.7 Å². The van der Waals surface area contributed by atoms with Gasteiger partial charge < -0.3 is 10.4 Å². The van der Waals surface area contributed by atoms with Crippen molar-refractivity contribution in [2.24, 2.45) is 0 Å². The molecule has 10 heteroatoms. The second-order valence-corrected chi connectivity index (χ2v) is 5.33. The molecule has 0 aromatic heterocycles. The van der Waals surface area contributed by atoms with Crippen molar-refractivity contribution >= 4 is 21.8 Å². The van der Waals surface area contributed by atoms with E-state index in [1.165, 1.54) is 0 Å². The highest BCUT2D eigenvalue weighted by Crippen LogP contribution is 2.31. The van der Waals surface area contributed by atoms with Crippen LogP contribution in [0.2, 0.25) is 0 Å². The molecule has 1 amide bonds. The molecular formula is C10H9F4NO4S. The second-order valence-electron chi connectivity index (χ2n) is 3.99. The molecule has 0 spiro atoms. The number of benzene rings is 1. The van der Waals surface area contributed by atoms with Gasteiger partial charge in [-0.1, -0.05) is 0 Å². The Balaban J connectivity index is 2.93. The van der Waals surface area contributed by atoms with Gasteiger partial charge in [0.2, 0.25) is 5.60 Å². The highest BCUT2D eigenvalue weighted by molar-refractivity contribution is 7.86. The predicted octanol–water partition coefficient (Wildman–Crippen LogP) is 1.60. The van der Waals surface area contributed by atoms with E-state index in [4.69, 9.17) is 5.11 Å². The molecule has 1 rings (SSSR count). The van der Waals surface area contributed by atoms with Gasteiger partial charge in [0.25, 0.3) is 5.91 Å². The van der Waals surface area contributed by atoms with Gasteiger partial charge in [-0.2, -0.15) is 21.6 Å². The molecule has 0 bridgehead atoms. The van der Waals surface area contributed by atoms with Crippen LogP contribution >= 0.6 is 0 Å². The van der Waals surface area contributed by atoms with Gasteiger partial charge in [-0.25, -0.2) is 0 Å². The van der Waals surface area contributed by atoms with Crippen LogP contribution in [-0.2, 0) is 15.0 Å². The lowest BCUT2D eigenvalue weighted by molar-refractivity contribution is -0.242. The van der Waals surface area contributed by atoms with Crippen LogP contribution in [0.5, 0.6) is 0 Å². The van der Waals surface area contributed by atoms with Crippen LogP contribution in [0.15, 0.2) is 29.2 Å². The maximum atomic E-state index is 12.6. The van der Waals surface area contributed by atoms with Crippen LogP contribution in [0.1, 0.15) is 6.92 Å². The largest absolute Gasteiger partial charge is 0.426 e. The lowest BCUT2D eigenvalue weighted by Crippen LogP contribution is -2.52. The SMILES string of the molecule is CC(O)(C(=O)Nc1ccc(S(=O)(=O)F)cc1)C(F)(F)F. The molecule has 0 radical (unpaired) electrons. The van der Waals surface area contributed by atoms with Crippen molar-refractivity contribution in [3.63, 3.8) is 0 Å². The van der Waals surface area contributed by atoms with Gasteiger partial charge >= 0.3 is 16.4 Å². The zero-order valence-electron chi connectivity index (χ0n) is 9.90. The minimum Gasteiger partial charge on any atom is -0.373 e. The summed E-state index contributed by atoms with van der Waals surface area (Å²) in [5.41, 5.74) is -3.84. The molecule has 0 aliphatic heterocycles. The Labute approximate surface area is 111 Å². The Morgan fingerprint density at radius 1 is 1.20 bits per heavy atom. The quantitative estimate of drug-likeness (QED) is 0.655. The van der Waals surface area contributed by atoms with Gasteiger partial charge in [-0.3, -0.25) is 4.79 Å². The normalized spacial score (nSPS) is 15.5. The molecule has 0 aliphatic rings. The maximum Gasteiger partial charge on any atom is 0.426 e. The number of carbonyl (C=O) groups excluding carboxylic acids is 1. The van der Waals surface area contributed by atoms with Crippen LogP contribution in [0.3, 0.4) is 0 Å². The molecule has 1 atom stereocenters. The lowest BCUT2D eigenvalue weighted by atomic mass is 10.1. The Morgan fingerprint density at radius 2 is 1.65 bits per heavy atom. The Morgan fingerprint density at radius 3 is 2.00 bits per heavy atom. The molecule has 0 aliphatic carbocycles. The van der Waals surface area contributed by atoms with Gasteiger partial charge in [0.05, 0.1) is 4.90 Å². The van der Waals surface area contributed by atoms with E-state index >= 15 is 0 Å². The Kier molecular flexibility index (Phi) is 4.11.